The monoisotopic (exact) mass is 280 g/mol. The minimum absolute atomic E-state index is 0.242. The van der Waals surface area contributed by atoms with Crippen molar-refractivity contribution in [3.05, 3.63) is 23.0 Å². The Morgan fingerprint density at radius 2 is 2.00 bits per heavy atom. The zero-order valence-corrected chi connectivity index (χ0v) is 12.2. The average molecular weight is 281 g/mol. The maximum Gasteiger partial charge on any atom is 0.168 e. The molecule has 2 N–H and O–H groups in total. The maximum absolute atomic E-state index is 6.09. The first kappa shape index (κ1) is 13.7. The number of aryl methyl sites for hydroxylation is 1. The third-order valence-electron chi connectivity index (χ3n) is 2.94. The summed E-state index contributed by atoms with van der Waals surface area (Å²) in [6.45, 7) is 6.07. The van der Waals surface area contributed by atoms with Crippen LogP contribution in [0.5, 0.6) is 5.75 Å². The van der Waals surface area contributed by atoms with Gasteiger partial charge in [-0.1, -0.05) is 11.6 Å². The normalized spacial score (nSPS) is 11.1. The van der Waals surface area contributed by atoms with Crippen LogP contribution in [0, 0.1) is 6.92 Å². The van der Waals surface area contributed by atoms with E-state index in [1.165, 1.54) is 0 Å². The molecule has 0 fully saturated rings. The quantitative estimate of drug-likeness (QED) is 0.878. The lowest BCUT2D eigenvalue weighted by molar-refractivity contribution is 0.416. The highest BCUT2D eigenvalue weighted by atomic mass is 35.5. The maximum atomic E-state index is 6.09. The zero-order valence-electron chi connectivity index (χ0n) is 11.4. The molecule has 1 aromatic heterocycles. The summed E-state index contributed by atoms with van der Waals surface area (Å²) in [5.74, 6) is 2.21. The van der Waals surface area contributed by atoms with Gasteiger partial charge in [-0.2, -0.15) is 0 Å². The third-order valence-corrected chi connectivity index (χ3v) is 3.27. The number of rotatable bonds is 3. The van der Waals surface area contributed by atoms with Crippen molar-refractivity contribution in [1.82, 2.24) is 14.8 Å². The van der Waals surface area contributed by atoms with E-state index in [1.54, 1.807) is 19.2 Å². The fourth-order valence-corrected chi connectivity index (χ4v) is 2.25. The van der Waals surface area contributed by atoms with Gasteiger partial charge in [-0.15, -0.1) is 10.2 Å². The predicted octanol–water partition coefficient (Wildman–Crippen LogP) is 3.08. The zero-order chi connectivity index (χ0) is 14.2. The molecule has 1 heterocycles. The molecule has 0 bridgehead atoms. The molecule has 0 saturated heterocycles. The molecule has 0 aliphatic carbocycles. The Morgan fingerprint density at radius 3 is 2.58 bits per heavy atom. The second kappa shape index (κ2) is 5.09. The summed E-state index contributed by atoms with van der Waals surface area (Å²) < 4.78 is 7.39. The average Bonchev–Trinajstić information content (AvgIpc) is 2.74. The number of ether oxygens (including phenoxy) is 1. The highest BCUT2D eigenvalue weighted by Crippen LogP contribution is 2.36. The standard InChI is InChI=1S/C13H17ClN4O/c1-7(2)18-8(3)16-17-13(18)9-5-10(14)11(15)6-12(9)19-4/h5-7H,15H2,1-4H3. The van der Waals surface area contributed by atoms with Crippen LogP contribution < -0.4 is 10.5 Å². The molecule has 0 spiro atoms. The van der Waals surface area contributed by atoms with Crippen LogP contribution >= 0.6 is 11.6 Å². The summed E-state index contributed by atoms with van der Waals surface area (Å²) in [7, 11) is 1.59. The van der Waals surface area contributed by atoms with Crippen LogP contribution in [-0.2, 0) is 0 Å². The van der Waals surface area contributed by atoms with Gasteiger partial charge in [-0.25, -0.2) is 0 Å². The fourth-order valence-electron chi connectivity index (χ4n) is 2.08. The van der Waals surface area contributed by atoms with Gasteiger partial charge in [0.1, 0.15) is 11.6 Å². The number of hydrogen-bond donors (Lipinski definition) is 1. The van der Waals surface area contributed by atoms with Gasteiger partial charge in [0.25, 0.3) is 0 Å². The molecule has 0 aliphatic heterocycles. The number of nitrogen functional groups attached to an aromatic ring is 1. The Kier molecular flexibility index (Phi) is 3.66. The lowest BCUT2D eigenvalue weighted by atomic mass is 10.1. The Morgan fingerprint density at radius 1 is 1.32 bits per heavy atom. The predicted molar refractivity (Wildman–Crippen MR) is 76.6 cm³/mol. The lowest BCUT2D eigenvalue weighted by Crippen LogP contribution is -2.06. The molecular weight excluding hydrogens is 264 g/mol. The Balaban J connectivity index is 2.68. The molecule has 2 rings (SSSR count). The van der Waals surface area contributed by atoms with Crippen LogP contribution in [0.4, 0.5) is 5.69 Å². The van der Waals surface area contributed by atoms with E-state index >= 15 is 0 Å². The minimum Gasteiger partial charge on any atom is -0.496 e. The number of nitrogens with zero attached hydrogens (tertiary/aromatic N) is 3. The van der Waals surface area contributed by atoms with Crippen molar-refractivity contribution in [2.45, 2.75) is 26.8 Å². The van der Waals surface area contributed by atoms with Crippen molar-refractivity contribution >= 4 is 17.3 Å². The van der Waals surface area contributed by atoms with Crippen LogP contribution in [0.25, 0.3) is 11.4 Å². The van der Waals surface area contributed by atoms with E-state index in [9.17, 15) is 0 Å². The number of anilines is 1. The fraction of sp³-hybridized carbons (Fsp3) is 0.385. The summed E-state index contributed by atoms with van der Waals surface area (Å²) >= 11 is 6.09. The van der Waals surface area contributed by atoms with Crippen molar-refractivity contribution in [3.8, 4) is 17.1 Å². The van der Waals surface area contributed by atoms with Crippen molar-refractivity contribution in [2.24, 2.45) is 0 Å². The third kappa shape index (κ3) is 2.38. The van der Waals surface area contributed by atoms with Crippen molar-refractivity contribution in [2.75, 3.05) is 12.8 Å². The number of halogens is 1. The number of benzene rings is 1. The van der Waals surface area contributed by atoms with E-state index < -0.39 is 0 Å². The van der Waals surface area contributed by atoms with Crippen molar-refractivity contribution in [1.29, 1.82) is 0 Å². The van der Waals surface area contributed by atoms with Gasteiger partial charge in [0, 0.05) is 12.1 Å². The van der Waals surface area contributed by atoms with Crippen LogP contribution in [0.2, 0.25) is 5.02 Å². The largest absolute Gasteiger partial charge is 0.496 e. The molecule has 0 unspecified atom stereocenters. The smallest absolute Gasteiger partial charge is 0.168 e. The van der Waals surface area contributed by atoms with Gasteiger partial charge in [-0.3, -0.25) is 0 Å². The Hall–Kier alpha value is -1.75. The molecule has 0 amide bonds. The van der Waals surface area contributed by atoms with Crippen LogP contribution in [0.1, 0.15) is 25.7 Å². The highest BCUT2D eigenvalue weighted by Gasteiger charge is 2.18. The number of aromatic nitrogens is 3. The Bertz CT molecular complexity index is 607. The molecule has 0 saturated carbocycles. The van der Waals surface area contributed by atoms with Gasteiger partial charge in [0.2, 0.25) is 0 Å². The van der Waals surface area contributed by atoms with Gasteiger partial charge >= 0.3 is 0 Å². The second-order valence-electron chi connectivity index (χ2n) is 4.61. The molecule has 0 aliphatic rings. The topological polar surface area (TPSA) is 66.0 Å². The first-order valence-corrected chi connectivity index (χ1v) is 6.38. The summed E-state index contributed by atoms with van der Waals surface area (Å²) in [4.78, 5) is 0. The molecule has 0 radical (unpaired) electrons. The van der Waals surface area contributed by atoms with Crippen molar-refractivity contribution < 1.29 is 4.74 Å². The van der Waals surface area contributed by atoms with Crippen LogP contribution in [-0.4, -0.2) is 21.9 Å². The van der Waals surface area contributed by atoms with E-state index in [4.69, 9.17) is 22.1 Å². The summed E-state index contributed by atoms with van der Waals surface area (Å²) in [6.07, 6.45) is 0. The van der Waals surface area contributed by atoms with E-state index in [0.29, 0.717) is 16.5 Å². The summed E-state index contributed by atoms with van der Waals surface area (Å²) in [5, 5.41) is 8.82. The van der Waals surface area contributed by atoms with E-state index in [0.717, 1.165) is 17.2 Å². The first-order chi connectivity index (χ1) is 8.95. The molecule has 5 nitrogen and oxygen atoms in total. The van der Waals surface area contributed by atoms with E-state index in [2.05, 4.69) is 24.0 Å². The summed E-state index contributed by atoms with van der Waals surface area (Å²) in [6, 6.07) is 3.70. The van der Waals surface area contributed by atoms with Gasteiger partial charge < -0.3 is 15.0 Å². The molecule has 6 heteroatoms. The van der Waals surface area contributed by atoms with Gasteiger partial charge in [0.15, 0.2) is 5.82 Å². The van der Waals surface area contributed by atoms with Crippen molar-refractivity contribution in [3.63, 3.8) is 0 Å². The number of nitrogens with two attached hydrogens (primary N) is 1. The first-order valence-electron chi connectivity index (χ1n) is 6.00. The number of methoxy groups -OCH3 is 1. The molecule has 2 aromatic rings. The van der Waals surface area contributed by atoms with Gasteiger partial charge in [-0.05, 0) is 26.8 Å². The SMILES string of the molecule is COc1cc(N)c(Cl)cc1-c1nnc(C)n1C(C)C. The second-order valence-corrected chi connectivity index (χ2v) is 5.02. The van der Waals surface area contributed by atoms with Crippen LogP contribution in [0.15, 0.2) is 12.1 Å². The highest BCUT2D eigenvalue weighted by molar-refractivity contribution is 6.33. The Labute approximate surface area is 117 Å². The molecule has 102 valence electrons. The lowest BCUT2D eigenvalue weighted by Gasteiger charge is -2.15. The molecular formula is C13H17ClN4O. The summed E-state index contributed by atoms with van der Waals surface area (Å²) in [5.41, 5.74) is 7.06. The molecule has 19 heavy (non-hydrogen) atoms. The van der Waals surface area contributed by atoms with E-state index in [1.807, 2.05) is 11.5 Å². The molecule has 0 atom stereocenters. The minimum atomic E-state index is 0.242. The van der Waals surface area contributed by atoms with E-state index in [-0.39, 0.29) is 6.04 Å². The van der Waals surface area contributed by atoms with Gasteiger partial charge in [0.05, 0.1) is 23.4 Å². The molecule has 1 aromatic carbocycles. The number of hydrogen-bond acceptors (Lipinski definition) is 4. The van der Waals surface area contributed by atoms with Crippen LogP contribution in [0.3, 0.4) is 0 Å².